The van der Waals surface area contributed by atoms with Crippen LogP contribution in [0.1, 0.15) is 57.7 Å². The number of halogens is 3. The van der Waals surface area contributed by atoms with Gasteiger partial charge in [0.25, 0.3) is 0 Å². The molecule has 1 heterocycles. The molecule has 0 atom stereocenters. The molecular weight excluding hydrogens is 431 g/mol. The number of benzene rings is 2. The van der Waals surface area contributed by atoms with Crippen molar-refractivity contribution in [3.8, 4) is 5.75 Å². The first-order valence-electron chi connectivity index (χ1n) is 10.5. The maximum absolute atomic E-state index is 13.6. The lowest BCUT2D eigenvalue weighted by molar-refractivity contribution is 0.0689. The van der Waals surface area contributed by atoms with E-state index in [9.17, 15) is 23.1 Å². The summed E-state index contributed by atoms with van der Waals surface area (Å²) < 4.78 is 46.3. The molecule has 3 aromatic rings. The summed E-state index contributed by atoms with van der Waals surface area (Å²) in [7, 11) is 0. The Hall–Kier alpha value is -3.61. The van der Waals surface area contributed by atoms with Crippen molar-refractivity contribution >= 4 is 17.1 Å². The van der Waals surface area contributed by atoms with Gasteiger partial charge in [0.05, 0.1) is 5.69 Å². The number of aromatic carboxylic acids is 1. The monoisotopic (exact) mass is 453 g/mol. The topological polar surface area (TPSA) is 59.4 Å². The van der Waals surface area contributed by atoms with Gasteiger partial charge in [-0.1, -0.05) is 17.7 Å². The standard InChI is InChI=1S/C26H22F3NO3/c1-14-6-9-23(33-13-16-11-20(27)24(29)21(28)12-16)19(10-14)17-4-3-5-18(17)22-8-7-15(2)25(30-22)26(31)32/h6-12H,3-5,13H2,1-2H3,(H,31,32). The van der Waals surface area contributed by atoms with Gasteiger partial charge in [0.1, 0.15) is 12.4 Å². The molecule has 33 heavy (non-hydrogen) atoms. The molecule has 0 radical (unpaired) electrons. The highest BCUT2D eigenvalue weighted by Crippen LogP contribution is 2.43. The molecule has 0 unspecified atom stereocenters. The number of hydrogen-bond acceptors (Lipinski definition) is 3. The van der Waals surface area contributed by atoms with Gasteiger partial charge in [0.2, 0.25) is 0 Å². The number of pyridine rings is 1. The quantitative estimate of drug-likeness (QED) is 0.434. The first-order valence-corrected chi connectivity index (χ1v) is 10.5. The van der Waals surface area contributed by atoms with Gasteiger partial charge in [-0.25, -0.2) is 22.9 Å². The van der Waals surface area contributed by atoms with Gasteiger partial charge < -0.3 is 9.84 Å². The molecule has 0 saturated heterocycles. The second-order valence-electron chi connectivity index (χ2n) is 8.14. The molecular formula is C26H22F3NO3. The summed E-state index contributed by atoms with van der Waals surface area (Å²) in [4.78, 5) is 15.9. The molecule has 4 nitrogen and oxygen atoms in total. The minimum absolute atomic E-state index is 0.0207. The van der Waals surface area contributed by atoms with E-state index in [0.29, 0.717) is 17.0 Å². The summed E-state index contributed by atoms with van der Waals surface area (Å²) >= 11 is 0. The van der Waals surface area contributed by atoms with Gasteiger partial charge >= 0.3 is 5.97 Å². The van der Waals surface area contributed by atoms with Crippen LogP contribution in [0.15, 0.2) is 42.5 Å². The number of hydrogen-bond donors (Lipinski definition) is 1. The number of carboxylic acid groups (broad SMARTS) is 1. The van der Waals surface area contributed by atoms with Crippen LogP contribution in [-0.2, 0) is 6.61 Å². The van der Waals surface area contributed by atoms with Gasteiger partial charge in [0.15, 0.2) is 23.1 Å². The highest BCUT2D eigenvalue weighted by Gasteiger charge is 2.23. The summed E-state index contributed by atoms with van der Waals surface area (Å²) in [5.74, 6) is -4.60. The van der Waals surface area contributed by atoms with Crippen molar-refractivity contribution in [2.24, 2.45) is 0 Å². The Balaban J connectivity index is 1.72. The molecule has 0 bridgehead atoms. The first kappa shape index (κ1) is 22.6. The lowest BCUT2D eigenvalue weighted by Gasteiger charge is -2.16. The normalized spacial score (nSPS) is 13.5. The van der Waals surface area contributed by atoms with Crippen LogP contribution in [0.4, 0.5) is 13.2 Å². The lowest BCUT2D eigenvalue weighted by atomic mass is 9.97. The average molecular weight is 453 g/mol. The molecule has 1 aromatic heterocycles. The Morgan fingerprint density at radius 2 is 1.70 bits per heavy atom. The maximum Gasteiger partial charge on any atom is 0.354 e. The molecule has 0 saturated carbocycles. The lowest BCUT2D eigenvalue weighted by Crippen LogP contribution is -2.06. The fraction of sp³-hybridized carbons (Fsp3) is 0.231. The van der Waals surface area contributed by atoms with Crippen molar-refractivity contribution < 1.29 is 27.8 Å². The molecule has 7 heteroatoms. The van der Waals surface area contributed by atoms with E-state index < -0.39 is 23.4 Å². The van der Waals surface area contributed by atoms with Crippen molar-refractivity contribution in [3.63, 3.8) is 0 Å². The highest BCUT2D eigenvalue weighted by molar-refractivity contribution is 5.95. The average Bonchev–Trinajstić information content (AvgIpc) is 3.26. The van der Waals surface area contributed by atoms with Crippen LogP contribution >= 0.6 is 0 Å². The van der Waals surface area contributed by atoms with Gasteiger partial charge in [-0.3, -0.25) is 0 Å². The number of allylic oxidation sites excluding steroid dienone is 2. The smallest absolute Gasteiger partial charge is 0.354 e. The number of aryl methyl sites for hydroxylation is 2. The number of carbonyl (C=O) groups is 1. The zero-order valence-electron chi connectivity index (χ0n) is 18.2. The minimum Gasteiger partial charge on any atom is -0.488 e. The summed E-state index contributed by atoms with van der Waals surface area (Å²) in [6.45, 7) is 3.51. The van der Waals surface area contributed by atoms with E-state index in [1.165, 1.54) is 0 Å². The van der Waals surface area contributed by atoms with Gasteiger partial charge in [-0.15, -0.1) is 0 Å². The van der Waals surface area contributed by atoms with E-state index in [4.69, 9.17) is 4.74 Å². The zero-order chi connectivity index (χ0) is 23.7. The molecule has 0 aliphatic heterocycles. The third kappa shape index (κ3) is 4.62. The van der Waals surface area contributed by atoms with E-state index >= 15 is 0 Å². The summed E-state index contributed by atoms with van der Waals surface area (Å²) in [5.41, 5.74) is 5.16. The van der Waals surface area contributed by atoms with E-state index in [1.54, 1.807) is 19.1 Å². The molecule has 1 aliphatic carbocycles. The molecule has 0 fully saturated rings. The molecule has 1 N–H and O–H groups in total. The maximum atomic E-state index is 13.6. The third-order valence-electron chi connectivity index (χ3n) is 5.72. The Labute approximate surface area is 189 Å². The number of nitrogens with zero attached hydrogens (tertiary/aromatic N) is 1. The molecule has 0 spiro atoms. The fourth-order valence-corrected chi connectivity index (χ4v) is 4.09. The van der Waals surface area contributed by atoms with Crippen molar-refractivity contribution in [1.82, 2.24) is 4.98 Å². The van der Waals surface area contributed by atoms with Gasteiger partial charge in [-0.2, -0.15) is 0 Å². The van der Waals surface area contributed by atoms with Crippen LogP contribution in [0.5, 0.6) is 5.75 Å². The van der Waals surface area contributed by atoms with Crippen LogP contribution in [0.2, 0.25) is 0 Å². The Morgan fingerprint density at radius 3 is 2.39 bits per heavy atom. The molecule has 4 rings (SSSR count). The fourth-order valence-electron chi connectivity index (χ4n) is 4.09. The zero-order valence-corrected chi connectivity index (χ0v) is 18.2. The van der Waals surface area contributed by atoms with Crippen LogP contribution < -0.4 is 4.74 Å². The first-order chi connectivity index (χ1) is 15.7. The highest BCUT2D eigenvalue weighted by atomic mass is 19.2. The van der Waals surface area contributed by atoms with Crippen molar-refractivity contribution in [3.05, 3.63) is 93.6 Å². The number of aromatic nitrogens is 1. The predicted molar refractivity (Wildman–Crippen MR) is 118 cm³/mol. The summed E-state index contributed by atoms with van der Waals surface area (Å²) in [6.07, 6.45) is 2.38. The molecule has 0 amide bonds. The van der Waals surface area contributed by atoms with E-state index in [2.05, 4.69) is 4.98 Å². The second kappa shape index (κ2) is 9.10. The van der Waals surface area contributed by atoms with Crippen molar-refractivity contribution in [2.75, 3.05) is 0 Å². The van der Waals surface area contributed by atoms with Gasteiger partial charge in [0, 0.05) is 5.56 Å². The summed E-state index contributed by atoms with van der Waals surface area (Å²) in [5, 5.41) is 9.46. The largest absolute Gasteiger partial charge is 0.488 e. The Morgan fingerprint density at radius 1 is 1.00 bits per heavy atom. The van der Waals surface area contributed by atoms with Crippen LogP contribution in [0, 0.1) is 31.3 Å². The van der Waals surface area contributed by atoms with E-state index in [1.807, 2.05) is 25.1 Å². The molecule has 2 aromatic carbocycles. The summed E-state index contributed by atoms with van der Waals surface area (Å²) in [6, 6.07) is 11.0. The Bertz CT molecular complexity index is 1260. The van der Waals surface area contributed by atoms with Crippen LogP contribution in [0.25, 0.3) is 11.1 Å². The minimum atomic E-state index is -1.51. The predicted octanol–water partition coefficient (Wildman–Crippen LogP) is 6.49. The second-order valence-corrected chi connectivity index (χ2v) is 8.14. The SMILES string of the molecule is Cc1ccc(OCc2cc(F)c(F)c(F)c2)c(C2=C(c3ccc(C)c(C(=O)O)n3)CCC2)c1. The van der Waals surface area contributed by atoms with Crippen molar-refractivity contribution in [2.45, 2.75) is 39.7 Å². The van der Waals surface area contributed by atoms with Crippen LogP contribution in [-0.4, -0.2) is 16.1 Å². The number of carboxylic acids is 1. The van der Waals surface area contributed by atoms with E-state index in [-0.39, 0.29) is 17.9 Å². The number of rotatable bonds is 6. The third-order valence-corrected chi connectivity index (χ3v) is 5.72. The Kier molecular flexibility index (Phi) is 6.22. The number of ether oxygens (including phenoxy) is 1. The van der Waals surface area contributed by atoms with Gasteiger partial charge in [-0.05, 0) is 85.7 Å². The van der Waals surface area contributed by atoms with Crippen molar-refractivity contribution in [1.29, 1.82) is 0 Å². The molecule has 170 valence electrons. The van der Waals surface area contributed by atoms with Crippen LogP contribution in [0.3, 0.4) is 0 Å². The molecule has 1 aliphatic rings. The van der Waals surface area contributed by atoms with E-state index in [0.717, 1.165) is 53.7 Å².